The van der Waals surface area contributed by atoms with Crippen LogP contribution in [0.2, 0.25) is 0 Å². The summed E-state index contributed by atoms with van der Waals surface area (Å²) in [6, 6.07) is 5.89. The van der Waals surface area contributed by atoms with Crippen LogP contribution in [0.4, 0.5) is 5.82 Å². The number of anilines is 1. The lowest BCUT2D eigenvalue weighted by Crippen LogP contribution is -2.48. The van der Waals surface area contributed by atoms with Gasteiger partial charge >= 0.3 is 0 Å². The number of aliphatic hydroxyl groups excluding tert-OH is 1. The van der Waals surface area contributed by atoms with E-state index in [9.17, 15) is 15.2 Å². The zero-order valence-electron chi connectivity index (χ0n) is 19.5. The zero-order chi connectivity index (χ0) is 23.3. The SMILES string of the molecule is Cc1c(C#N)c(NC(=O)CN(C)C[C@@H](O)CN2CCN(C)CC2)n(Cc2ccco2)c1C. The van der Waals surface area contributed by atoms with Crippen molar-refractivity contribution in [2.75, 3.05) is 65.2 Å². The molecule has 0 bridgehead atoms. The molecule has 9 nitrogen and oxygen atoms in total. The molecule has 1 fully saturated rings. The predicted octanol–water partition coefficient (Wildman–Crippen LogP) is 1.10. The Labute approximate surface area is 189 Å². The van der Waals surface area contributed by atoms with Crippen molar-refractivity contribution in [3.05, 3.63) is 41.0 Å². The van der Waals surface area contributed by atoms with Crippen molar-refractivity contribution in [2.45, 2.75) is 26.5 Å². The van der Waals surface area contributed by atoms with Gasteiger partial charge in [0.15, 0.2) is 0 Å². The number of piperazine rings is 1. The second-order valence-electron chi connectivity index (χ2n) is 8.71. The summed E-state index contributed by atoms with van der Waals surface area (Å²) in [7, 11) is 3.92. The van der Waals surface area contributed by atoms with Crippen LogP contribution in [-0.4, -0.2) is 96.3 Å². The van der Waals surface area contributed by atoms with Crippen LogP contribution < -0.4 is 5.32 Å². The number of nitrogens with zero attached hydrogens (tertiary/aromatic N) is 5. The summed E-state index contributed by atoms with van der Waals surface area (Å²) in [6.45, 7) is 9.24. The summed E-state index contributed by atoms with van der Waals surface area (Å²) < 4.78 is 7.35. The second kappa shape index (κ2) is 10.8. The molecule has 9 heteroatoms. The Morgan fingerprint density at radius 2 is 2.06 bits per heavy atom. The van der Waals surface area contributed by atoms with Crippen molar-refractivity contribution in [1.82, 2.24) is 19.3 Å². The number of amides is 1. The van der Waals surface area contributed by atoms with Crippen molar-refractivity contribution >= 4 is 11.7 Å². The molecule has 2 aromatic heterocycles. The van der Waals surface area contributed by atoms with Crippen LogP contribution in [0.1, 0.15) is 22.6 Å². The highest BCUT2D eigenvalue weighted by Gasteiger charge is 2.22. The first-order chi connectivity index (χ1) is 15.3. The third-order valence-electron chi connectivity index (χ3n) is 6.09. The Morgan fingerprint density at radius 1 is 1.34 bits per heavy atom. The highest BCUT2D eigenvalue weighted by molar-refractivity contribution is 5.93. The molecule has 1 atom stereocenters. The number of rotatable bonds is 9. The van der Waals surface area contributed by atoms with E-state index in [1.807, 2.05) is 42.5 Å². The molecule has 2 N–H and O–H groups in total. The van der Waals surface area contributed by atoms with Crippen molar-refractivity contribution < 1.29 is 14.3 Å². The van der Waals surface area contributed by atoms with Gasteiger partial charge in [-0.1, -0.05) is 0 Å². The van der Waals surface area contributed by atoms with Crippen molar-refractivity contribution in [1.29, 1.82) is 5.26 Å². The molecule has 174 valence electrons. The first kappa shape index (κ1) is 24.0. The van der Waals surface area contributed by atoms with E-state index >= 15 is 0 Å². The summed E-state index contributed by atoms with van der Waals surface area (Å²) in [5.74, 6) is 0.997. The van der Waals surface area contributed by atoms with Gasteiger partial charge in [0.05, 0.1) is 31.0 Å². The summed E-state index contributed by atoms with van der Waals surface area (Å²) in [5, 5.41) is 23.0. The minimum atomic E-state index is -0.529. The van der Waals surface area contributed by atoms with Gasteiger partial charge in [0, 0.05) is 45.0 Å². The van der Waals surface area contributed by atoms with Crippen LogP contribution in [0.3, 0.4) is 0 Å². The Morgan fingerprint density at radius 3 is 2.69 bits per heavy atom. The summed E-state index contributed by atoms with van der Waals surface area (Å²) in [4.78, 5) is 19.1. The van der Waals surface area contributed by atoms with Gasteiger partial charge in [-0.25, -0.2) is 0 Å². The minimum Gasteiger partial charge on any atom is -0.467 e. The Kier molecular flexibility index (Phi) is 8.10. The lowest BCUT2D eigenvalue weighted by Gasteiger charge is -2.34. The van der Waals surface area contributed by atoms with Gasteiger partial charge in [-0.2, -0.15) is 5.26 Å². The number of nitrogens with one attached hydrogen (secondary N) is 1. The number of likely N-dealkylation sites (N-methyl/N-ethyl adjacent to an activating group) is 2. The van der Waals surface area contributed by atoms with E-state index in [1.165, 1.54) is 0 Å². The average molecular weight is 443 g/mol. The second-order valence-corrected chi connectivity index (χ2v) is 8.71. The quantitative estimate of drug-likeness (QED) is 0.600. The molecule has 1 aliphatic rings. The monoisotopic (exact) mass is 442 g/mol. The van der Waals surface area contributed by atoms with E-state index in [1.54, 1.807) is 6.26 Å². The first-order valence-corrected chi connectivity index (χ1v) is 11.0. The minimum absolute atomic E-state index is 0.120. The fraction of sp³-hybridized carbons (Fsp3) is 0.565. The molecule has 2 aromatic rings. The normalized spacial score (nSPS) is 16.3. The summed E-state index contributed by atoms with van der Waals surface area (Å²) >= 11 is 0. The average Bonchev–Trinajstić information content (AvgIpc) is 3.32. The molecule has 0 unspecified atom stereocenters. The number of aliphatic hydroxyl groups is 1. The Bertz CT molecular complexity index is 938. The van der Waals surface area contributed by atoms with E-state index in [-0.39, 0.29) is 12.5 Å². The molecule has 0 spiro atoms. The first-order valence-electron chi connectivity index (χ1n) is 11.0. The largest absolute Gasteiger partial charge is 0.467 e. The standard InChI is InChI=1S/C23H34N6O3/c1-17-18(2)29(15-20-6-5-11-32-20)23(21(17)12-24)25-22(31)16-27(4)13-19(30)14-28-9-7-26(3)8-10-28/h5-6,11,19,30H,7-10,13-16H2,1-4H3,(H,25,31)/t19-/m1/s1. The molecule has 3 heterocycles. The number of aromatic nitrogens is 1. The maximum Gasteiger partial charge on any atom is 0.239 e. The van der Waals surface area contributed by atoms with E-state index < -0.39 is 6.10 Å². The maximum absolute atomic E-state index is 12.8. The highest BCUT2D eigenvalue weighted by Crippen LogP contribution is 2.27. The third-order valence-corrected chi connectivity index (χ3v) is 6.09. The molecule has 1 aliphatic heterocycles. The highest BCUT2D eigenvalue weighted by atomic mass is 16.3. The van der Waals surface area contributed by atoms with Gasteiger partial charge in [0.1, 0.15) is 17.6 Å². The summed E-state index contributed by atoms with van der Waals surface area (Å²) in [5.41, 5.74) is 2.20. The van der Waals surface area contributed by atoms with Crippen LogP contribution >= 0.6 is 0 Å². The number of carbonyl (C=O) groups excluding carboxylic acids is 1. The smallest absolute Gasteiger partial charge is 0.239 e. The van der Waals surface area contributed by atoms with Crippen molar-refractivity contribution in [3.8, 4) is 6.07 Å². The van der Waals surface area contributed by atoms with Crippen LogP contribution in [0.5, 0.6) is 0 Å². The fourth-order valence-electron chi connectivity index (χ4n) is 4.11. The van der Waals surface area contributed by atoms with Gasteiger partial charge in [0.25, 0.3) is 0 Å². The fourth-order valence-corrected chi connectivity index (χ4v) is 4.11. The molecule has 1 saturated heterocycles. The predicted molar refractivity (Wildman–Crippen MR) is 123 cm³/mol. The number of β-amino-alcohol motifs (C(OH)–C–C–N with tert-alkyl or cyclic N) is 1. The number of hydrogen-bond acceptors (Lipinski definition) is 7. The molecule has 0 aliphatic carbocycles. The number of nitriles is 1. The number of carbonyl (C=O) groups is 1. The van der Waals surface area contributed by atoms with Gasteiger partial charge in [-0.3, -0.25) is 14.6 Å². The molecular weight excluding hydrogens is 408 g/mol. The van der Waals surface area contributed by atoms with Crippen LogP contribution in [0.15, 0.2) is 22.8 Å². The van der Waals surface area contributed by atoms with Crippen LogP contribution in [-0.2, 0) is 11.3 Å². The van der Waals surface area contributed by atoms with E-state index in [2.05, 4.69) is 28.2 Å². The lowest BCUT2D eigenvalue weighted by atomic mass is 10.2. The Hall–Kier alpha value is -2.64. The van der Waals surface area contributed by atoms with Gasteiger partial charge < -0.3 is 24.3 Å². The van der Waals surface area contributed by atoms with E-state index in [0.717, 1.165) is 43.2 Å². The molecule has 3 rings (SSSR count). The third kappa shape index (κ3) is 5.99. The number of hydrogen-bond donors (Lipinski definition) is 2. The topological polar surface area (TPSA) is 101 Å². The van der Waals surface area contributed by atoms with Crippen molar-refractivity contribution in [3.63, 3.8) is 0 Å². The number of furan rings is 1. The van der Waals surface area contributed by atoms with E-state index in [0.29, 0.717) is 31.0 Å². The maximum atomic E-state index is 12.8. The van der Waals surface area contributed by atoms with Gasteiger partial charge in [0.2, 0.25) is 5.91 Å². The molecule has 0 radical (unpaired) electrons. The van der Waals surface area contributed by atoms with Gasteiger partial charge in [-0.15, -0.1) is 0 Å². The summed E-state index contributed by atoms with van der Waals surface area (Å²) in [6.07, 6.45) is 1.07. The molecular formula is C23H34N6O3. The lowest BCUT2D eigenvalue weighted by molar-refractivity contribution is -0.117. The van der Waals surface area contributed by atoms with Crippen molar-refractivity contribution in [2.24, 2.45) is 0 Å². The molecule has 32 heavy (non-hydrogen) atoms. The molecule has 0 saturated carbocycles. The zero-order valence-corrected chi connectivity index (χ0v) is 19.5. The Balaban J connectivity index is 1.59. The van der Waals surface area contributed by atoms with E-state index in [4.69, 9.17) is 4.42 Å². The van der Waals surface area contributed by atoms with Crippen LogP contribution in [0, 0.1) is 25.2 Å². The van der Waals surface area contributed by atoms with Gasteiger partial charge in [-0.05, 0) is 45.6 Å². The molecule has 0 aromatic carbocycles. The molecule has 1 amide bonds. The van der Waals surface area contributed by atoms with Crippen LogP contribution in [0.25, 0.3) is 0 Å².